The number of hydrogen-bond acceptors (Lipinski definition) is 4. The zero-order valence-corrected chi connectivity index (χ0v) is 11.9. The minimum atomic E-state index is -0.0773. The number of methoxy groups -OCH3 is 2. The predicted molar refractivity (Wildman–Crippen MR) is 73.1 cm³/mol. The summed E-state index contributed by atoms with van der Waals surface area (Å²) in [5.41, 5.74) is 6.95. The van der Waals surface area contributed by atoms with Gasteiger partial charge in [0.25, 0.3) is 0 Å². The summed E-state index contributed by atoms with van der Waals surface area (Å²) in [4.78, 5) is 1.08. The van der Waals surface area contributed by atoms with E-state index in [9.17, 15) is 0 Å². The van der Waals surface area contributed by atoms with Crippen LogP contribution in [0.5, 0.6) is 11.5 Å². The second kappa shape index (κ2) is 6.17. The van der Waals surface area contributed by atoms with Gasteiger partial charge in [0, 0.05) is 16.9 Å². The molecule has 0 heterocycles. The first-order valence-electron chi connectivity index (χ1n) is 5.67. The Hall–Kier alpha value is -0.870. The van der Waals surface area contributed by atoms with Crippen LogP contribution >= 0.6 is 11.8 Å². The monoisotopic (exact) mass is 255 g/mol. The number of benzene rings is 1. The molecule has 0 aliphatic carbocycles. The van der Waals surface area contributed by atoms with Gasteiger partial charge in [-0.05, 0) is 19.1 Å². The van der Waals surface area contributed by atoms with Crippen LogP contribution in [-0.4, -0.2) is 19.5 Å². The average Bonchev–Trinajstić information content (AvgIpc) is 2.26. The van der Waals surface area contributed by atoms with Crippen LogP contribution < -0.4 is 15.2 Å². The molecule has 0 fully saturated rings. The minimum absolute atomic E-state index is 0.0773. The lowest BCUT2D eigenvalue weighted by molar-refractivity contribution is 0.386. The Bertz CT molecular complexity index is 378. The van der Waals surface area contributed by atoms with Crippen molar-refractivity contribution in [1.82, 2.24) is 0 Å². The highest BCUT2D eigenvalue weighted by Gasteiger charge is 2.16. The SMILES string of the molecule is COc1cc(SC(C)C)c(OC)c(C(C)N)c1. The molecule has 0 spiro atoms. The van der Waals surface area contributed by atoms with Crippen molar-refractivity contribution in [2.24, 2.45) is 5.73 Å². The third-order valence-corrected chi connectivity index (χ3v) is 3.38. The lowest BCUT2D eigenvalue weighted by Gasteiger charge is -2.18. The molecule has 2 N–H and O–H groups in total. The topological polar surface area (TPSA) is 44.5 Å². The van der Waals surface area contributed by atoms with Gasteiger partial charge in [-0.3, -0.25) is 0 Å². The summed E-state index contributed by atoms with van der Waals surface area (Å²) in [6, 6.07) is 3.86. The number of ether oxygens (including phenoxy) is 2. The van der Waals surface area contributed by atoms with Crippen molar-refractivity contribution in [3.63, 3.8) is 0 Å². The summed E-state index contributed by atoms with van der Waals surface area (Å²) in [5.74, 6) is 1.68. The van der Waals surface area contributed by atoms with E-state index in [1.165, 1.54) is 0 Å². The molecule has 3 nitrogen and oxygen atoms in total. The molecule has 1 aromatic carbocycles. The maximum absolute atomic E-state index is 5.97. The predicted octanol–water partition coefficient (Wildman–Crippen LogP) is 3.22. The Morgan fingerprint density at radius 3 is 2.18 bits per heavy atom. The maximum Gasteiger partial charge on any atom is 0.137 e. The van der Waals surface area contributed by atoms with E-state index in [-0.39, 0.29) is 6.04 Å². The second-order valence-electron chi connectivity index (χ2n) is 4.20. The highest BCUT2D eigenvalue weighted by atomic mass is 32.2. The van der Waals surface area contributed by atoms with E-state index in [4.69, 9.17) is 15.2 Å². The quantitative estimate of drug-likeness (QED) is 0.820. The summed E-state index contributed by atoms with van der Waals surface area (Å²) in [7, 11) is 3.34. The number of thioether (sulfide) groups is 1. The van der Waals surface area contributed by atoms with E-state index in [1.54, 1.807) is 26.0 Å². The van der Waals surface area contributed by atoms with E-state index in [0.29, 0.717) is 5.25 Å². The van der Waals surface area contributed by atoms with E-state index in [2.05, 4.69) is 13.8 Å². The Kier molecular flexibility index (Phi) is 5.15. The van der Waals surface area contributed by atoms with Crippen molar-refractivity contribution in [2.45, 2.75) is 37.0 Å². The molecule has 1 aromatic rings. The molecule has 96 valence electrons. The van der Waals surface area contributed by atoms with Crippen molar-refractivity contribution in [2.75, 3.05) is 14.2 Å². The van der Waals surface area contributed by atoms with Gasteiger partial charge < -0.3 is 15.2 Å². The standard InChI is InChI=1S/C13H21NO2S/c1-8(2)17-12-7-10(15-4)6-11(9(3)14)13(12)16-5/h6-9H,14H2,1-5H3. The third kappa shape index (κ3) is 3.54. The first kappa shape index (κ1) is 14.2. The summed E-state index contributed by atoms with van der Waals surface area (Å²) < 4.78 is 10.8. The van der Waals surface area contributed by atoms with E-state index < -0.39 is 0 Å². The van der Waals surface area contributed by atoms with E-state index >= 15 is 0 Å². The fourth-order valence-electron chi connectivity index (χ4n) is 1.61. The van der Waals surface area contributed by atoms with Crippen LogP contribution in [0.1, 0.15) is 32.4 Å². The largest absolute Gasteiger partial charge is 0.497 e. The zero-order chi connectivity index (χ0) is 13.0. The van der Waals surface area contributed by atoms with Gasteiger partial charge in [-0.1, -0.05) is 13.8 Å². The molecular formula is C13H21NO2S. The number of rotatable bonds is 5. The Morgan fingerprint density at radius 2 is 1.76 bits per heavy atom. The molecule has 0 saturated heterocycles. The van der Waals surface area contributed by atoms with Crippen LogP contribution in [0.3, 0.4) is 0 Å². The van der Waals surface area contributed by atoms with Crippen LogP contribution in [-0.2, 0) is 0 Å². The van der Waals surface area contributed by atoms with Crippen LogP contribution in [0.25, 0.3) is 0 Å². The second-order valence-corrected chi connectivity index (χ2v) is 5.82. The lowest BCUT2D eigenvalue weighted by Crippen LogP contribution is -2.08. The molecule has 0 bridgehead atoms. The van der Waals surface area contributed by atoms with Gasteiger partial charge in [-0.15, -0.1) is 11.8 Å². The highest BCUT2D eigenvalue weighted by molar-refractivity contribution is 8.00. The third-order valence-electron chi connectivity index (χ3n) is 2.35. The molecule has 0 radical (unpaired) electrons. The van der Waals surface area contributed by atoms with E-state index in [1.807, 2.05) is 19.1 Å². The Morgan fingerprint density at radius 1 is 1.12 bits per heavy atom. The molecule has 0 aromatic heterocycles. The summed E-state index contributed by atoms with van der Waals surface area (Å²) in [6.45, 7) is 6.24. The molecule has 0 aliphatic heterocycles. The van der Waals surface area contributed by atoms with Crippen LogP contribution in [0.4, 0.5) is 0 Å². The molecule has 0 aliphatic rings. The highest BCUT2D eigenvalue weighted by Crippen LogP contribution is 2.40. The van der Waals surface area contributed by atoms with Gasteiger partial charge in [0.2, 0.25) is 0 Å². The van der Waals surface area contributed by atoms with Crippen LogP contribution in [0.2, 0.25) is 0 Å². The minimum Gasteiger partial charge on any atom is -0.497 e. The van der Waals surface area contributed by atoms with Gasteiger partial charge >= 0.3 is 0 Å². The maximum atomic E-state index is 5.97. The van der Waals surface area contributed by atoms with Crippen LogP contribution in [0, 0.1) is 0 Å². The van der Waals surface area contributed by atoms with Crippen molar-refractivity contribution in [3.05, 3.63) is 17.7 Å². The summed E-state index contributed by atoms with van der Waals surface area (Å²) in [6.07, 6.45) is 0. The van der Waals surface area contributed by atoms with Gasteiger partial charge in [0.05, 0.1) is 19.1 Å². The molecule has 17 heavy (non-hydrogen) atoms. The van der Waals surface area contributed by atoms with Gasteiger partial charge in [0.15, 0.2) is 0 Å². The Labute approximate surface area is 108 Å². The number of hydrogen-bond donors (Lipinski definition) is 1. The fourth-order valence-corrected chi connectivity index (χ4v) is 2.61. The van der Waals surface area contributed by atoms with E-state index in [0.717, 1.165) is 22.0 Å². The van der Waals surface area contributed by atoms with Crippen LogP contribution in [0.15, 0.2) is 17.0 Å². The molecule has 0 amide bonds. The van der Waals surface area contributed by atoms with Crippen molar-refractivity contribution in [3.8, 4) is 11.5 Å². The fraction of sp³-hybridized carbons (Fsp3) is 0.538. The van der Waals surface area contributed by atoms with Gasteiger partial charge in [-0.2, -0.15) is 0 Å². The average molecular weight is 255 g/mol. The molecule has 1 atom stereocenters. The molecule has 1 rings (SSSR count). The smallest absolute Gasteiger partial charge is 0.137 e. The zero-order valence-electron chi connectivity index (χ0n) is 11.1. The summed E-state index contributed by atoms with van der Waals surface area (Å²) >= 11 is 1.75. The first-order valence-corrected chi connectivity index (χ1v) is 6.55. The first-order chi connectivity index (χ1) is 7.99. The molecule has 4 heteroatoms. The number of nitrogens with two attached hydrogens (primary N) is 1. The molecule has 0 saturated carbocycles. The van der Waals surface area contributed by atoms with Gasteiger partial charge in [-0.25, -0.2) is 0 Å². The lowest BCUT2D eigenvalue weighted by atomic mass is 10.1. The summed E-state index contributed by atoms with van der Waals surface area (Å²) in [5, 5.41) is 0.483. The molecular weight excluding hydrogens is 234 g/mol. The Balaban J connectivity index is 3.28. The van der Waals surface area contributed by atoms with Crippen molar-refractivity contribution < 1.29 is 9.47 Å². The van der Waals surface area contributed by atoms with Crippen molar-refractivity contribution in [1.29, 1.82) is 0 Å². The van der Waals surface area contributed by atoms with Gasteiger partial charge in [0.1, 0.15) is 11.5 Å². The normalized spacial score (nSPS) is 12.6. The molecule has 1 unspecified atom stereocenters. The van der Waals surface area contributed by atoms with Crippen molar-refractivity contribution >= 4 is 11.8 Å².